The summed E-state index contributed by atoms with van der Waals surface area (Å²) in [4.78, 5) is 17.3. The molecule has 2 aliphatic heterocycles. The molecule has 7 heteroatoms. The van der Waals surface area contributed by atoms with Crippen LogP contribution in [0.15, 0.2) is 48.5 Å². The van der Waals surface area contributed by atoms with Gasteiger partial charge in [0, 0.05) is 25.7 Å². The zero-order valence-electron chi connectivity index (χ0n) is 19.1. The monoisotopic (exact) mass is 490 g/mol. The molecule has 5 nitrogen and oxygen atoms in total. The second-order valence-corrected chi connectivity index (χ2v) is 9.82. The van der Waals surface area contributed by atoms with Crippen molar-refractivity contribution in [2.45, 2.75) is 37.8 Å². The van der Waals surface area contributed by atoms with Gasteiger partial charge in [0.25, 0.3) is 0 Å². The lowest BCUT2D eigenvalue weighted by Crippen LogP contribution is -2.45. The summed E-state index contributed by atoms with van der Waals surface area (Å²) in [5.74, 6) is 1.26. The Morgan fingerprint density at radius 1 is 0.970 bits per heavy atom. The van der Waals surface area contributed by atoms with E-state index in [1.807, 2.05) is 36.4 Å². The molecule has 0 amide bonds. The number of ether oxygens (including phenoxy) is 2. The number of nitrogens with zero attached hydrogens (tertiary/aromatic N) is 2. The third-order valence-corrected chi connectivity index (χ3v) is 7.54. The zero-order chi connectivity index (χ0) is 23.2. The van der Waals surface area contributed by atoms with Crippen molar-refractivity contribution in [1.29, 1.82) is 0 Å². The molecule has 2 aromatic rings. The van der Waals surface area contributed by atoms with E-state index in [-0.39, 0.29) is 18.1 Å². The van der Waals surface area contributed by atoms with E-state index in [0.717, 1.165) is 69.7 Å². The second kappa shape index (κ2) is 11.6. The molecule has 0 saturated carbocycles. The fourth-order valence-electron chi connectivity index (χ4n) is 4.95. The van der Waals surface area contributed by atoms with E-state index in [1.165, 1.54) is 7.11 Å². The molecule has 0 unspecified atom stereocenters. The van der Waals surface area contributed by atoms with E-state index in [1.54, 1.807) is 12.1 Å². The molecule has 0 N–H and O–H groups in total. The van der Waals surface area contributed by atoms with Crippen LogP contribution in [0, 0.1) is 5.92 Å². The van der Waals surface area contributed by atoms with Crippen LogP contribution >= 0.6 is 23.2 Å². The lowest BCUT2D eigenvalue weighted by molar-refractivity contribution is -0.148. The number of methoxy groups -OCH3 is 1. The molecule has 2 saturated heterocycles. The maximum atomic E-state index is 12.5. The molecule has 178 valence electrons. The minimum atomic E-state index is -0.314. The Balaban J connectivity index is 1.23. The number of carbonyl (C=O) groups is 1. The van der Waals surface area contributed by atoms with Gasteiger partial charge < -0.3 is 14.4 Å². The minimum Gasteiger partial charge on any atom is -0.490 e. The number of carbonyl (C=O) groups excluding carboxylic acids is 1. The zero-order valence-corrected chi connectivity index (χ0v) is 20.6. The summed E-state index contributed by atoms with van der Waals surface area (Å²) in [5.41, 5.74) is 1.01. The average molecular weight is 491 g/mol. The predicted octanol–water partition coefficient (Wildman–Crippen LogP) is 5.46. The normalized spacial score (nSPS) is 19.8. The summed E-state index contributed by atoms with van der Waals surface area (Å²) >= 11 is 12.1. The van der Waals surface area contributed by atoms with Gasteiger partial charge in [-0.2, -0.15) is 0 Å². The van der Waals surface area contributed by atoms with Crippen LogP contribution in [0.5, 0.6) is 5.75 Å². The quantitative estimate of drug-likeness (QED) is 0.481. The topological polar surface area (TPSA) is 42.0 Å². The lowest BCUT2D eigenvalue weighted by atomic mass is 9.93. The Kier molecular flexibility index (Phi) is 8.53. The number of benzene rings is 2. The fraction of sp³-hybridized carbons (Fsp3) is 0.500. The predicted molar refractivity (Wildman–Crippen MR) is 132 cm³/mol. The Bertz CT molecular complexity index is 911. The number of halogens is 2. The second-order valence-electron chi connectivity index (χ2n) is 9.01. The minimum absolute atomic E-state index is 0.177. The Labute approximate surface area is 206 Å². The molecule has 2 fully saturated rings. The van der Waals surface area contributed by atoms with Crippen molar-refractivity contribution >= 4 is 29.2 Å². The van der Waals surface area contributed by atoms with Crippen molar-refractivity contribution in [3.8, 4) is 5.75 Å². The first kappa shape index (κ1) is 24.3. The highest BCUT2D eigenvalue weighted by atomic mass is 35.5. The highest BCUT2D eigenvalue weighted by Gasteiger charge is 2.32. The van der Waals surface area contributed by atoms with Crippen molar-refractivity contribution < 1.29 is 14.3 Å². The fourth-order valence-corrected chi connectivity index (χ4v) is 5.24. The molecule has 2 heterocycles. The maximum absolute atomic E-state index is 12.5. The number of esters is 1. The third kappa shape index (κ3) is 6.42. The van der Waals surface area contributed by atoms with Gasteiger partial charge in [-0.3, -0.25) is 4.90 Å². The molecule has 2 aromatic carbocycles. The summed E-state index contributed by atoms with van der Waals surface area (Å²) in [6, 6.07) is 15.1. The molecule has 0 aliphatic carbocycles. The lowest BCUT2D eigenvalue weighted by Gasteiger charge is -2.39. The first-order valence-electron chi connectivity index (χ1n) is 11.7. The van der Waals surface area contributed by atoms with Gasteiger partial charge in [0.1, 0.15) is 17.9 Å². The van der Waals surface area contributed by atoms with Gasteiger partial charge in [-0.05, 0) is 62.4 Å². The van der Waals surface area contributed by atoms with E-state index in [4.69, 9.17) is 32.7 Å². The maximum Gasteiger partial charge on any atom is 0.327 e. The van der Waals surface area contributed by atoms with Gasteiger partial charge in [0.2, 0.25) is 0 Å². The van der Waals surface area contributed by atoms with Crippen LogP contribution in [-0.4, -0.2) is 61.7 Å². The van der Waals surface area contributed by atoms with Crippen molar-refractivity contribution in [3.63, 3.8) is 0 Å². The third-order valence-electron chi connectivity index (χ3n) is 6.80. The Hall–Kier alpha value is -1.79. The summed E-state index contributed by atoms with van der Waals surface area (Å²) < 4.78 is 11.2. The molecule has 0 aromatic heterocycles. The summed E-state index contributed by atoms with van der Waals surface area (Å²) in [6.45, 7) is 5.02. The van der Waals surface area contributed by atoms with Gasteiger partial charge in [-0.25, -0.2) is 4.79 Å². The molecule has 33 heavy (non-hydrogen) atoms. The summed E-state index contributed by atoms with van der Waals surface area (Å²) in [7, 11) is 1.47. The van der Waals surface area contributed by atoms with Crippen LogP contribution in [-0.2, 0) is 9.53 Å². The van der Waals surface area contributed by atoms with E-state index < -0.39 is 0 Å². The SMILES string of the molecule is COC(=O)[C@H](c1ccccc1)N1CCC(CN2CCC(Oc3ccc(Cl)c(Cl)c3)CC2)CC1. The van der Waals surface area contributed by atoms with Gasteiger partial charge in [-0.1, -0.05) is 53.5 Å². The van der Waals surface area contributed by atoms with Crippen LogP contribution in [0.4, 0.5) is 0 Å². The Morgan fingerprint density at radius 3 is 2.30 bits per heavy atom. The average Bonchev–Trinajstić information content (AvgIpc) is 2.84. The number of hydrogen-bond donors (Lipinski definition) is 0. The first-order valence-corrected chi connectivity index (χ1v) is 12.5. The van der Waals surface area contributed by atoms with Crippen molar-refractivity contribution in [3.05, 3.63) is 64.1 Å². The number of piperidine rings is 2. The van der Waals surface area contributed by atoms with Crippen molar-refractivity contribution in [1.82, 2.24) is 9.80 Å². The number of rotatable bonds is 7. The van der Waals surface area contributed by atoms with E-state index in [2.05, 4.69) is 9.80 Å². The number of hydrogen-bond acceptors (Lipinski definition) is 5. The number of likely N-dealkylation sites (tertiary alicyclic amines) is 2. The highest BCUT2D eigenvalue weighted by Crippen LogP contribution is 2.30. The largest absolute Gasteiger partial charge is 0.490 e. The van der Waals surface area contributed by atoms with E-state index >= 15 is 0 Å². The first-order chi connectivity index (χ1) is 16.0. The van der Waals surface area contributed by atoms with E-state index in [9.17, 15) is 4.79 Å². The van der Waals surface area contributed by atoms with Crippen molar-refractivity contribution in [2.24, 2.45) is 5.92 Å². The van der Waals surface area contributed by atoms with Gasteiger partial charge in [0.05, 0.1) is 17.2 Å². The molecule has 0 spiro atoms. The van der Waals surface area contributed by atoms with E-state index in [0.29, 0.717) is 16.0 Å². The van der Waals surface area contributed by atoms with Gasteiger partial charge >= 0.3 is 5.97 Å². The Morgan fingerprint density at radius 2 is 1.67 bits per heavy atom. The molecule has 0 radical (unpaired) electrons. The summed E-state index contributed by atoms with van der Waals surface area (Å²) in [5, 5.41) is 1.08. The molecular formula is C26H32Cl2N2O3. The van der Waals surface area contributed by atoms with Crippen LogP contribution in [0.2, 0.25) is 10.0 Å². The summed E-state index contributed by atoms with van der Waals surface area (Å²) in [6.07, 6.45) is 4.43. The molecule has 4 rings (SSSR count). The standard InChI is InChI=1S/C26H32Cl2N2O3/c1-32-26(31)25(20-5-3-2-4-6-20)30-15-9-19(10-16-30)18-29-13-11-21(12-14-29)33-22-7-8-23(27)24(28)17-22/h2-8,17,19,21,25H,9-16,18H2,1H3/t25-/m0/s1. The molecule has 0 bridgehead atoms. The van der Waals surface area contributed by atoms with Gasteiger partial charge in [0.15, 0.2) is 0 Å². The smallest absolute Gasteiger partial charge is 0.327 e. The van der Waals surface area contributed by atoms with Crippen LogP contribution in [0.25, 0.3) is 0 Å². The molecular weight excluding hydrogens is 459 g/mol. The van der Waals surface area contributed by atoms with Crippen LogP contribution in [0.3, 0.4) is 0 Å². The van der Waals surface area contributed by atoms with Crippen molar-refractivity contribution in [2.75, 3.05) is 39.8 Å². The molecule has 1 atom stereocenters. The van der Waals surface area contributed by atoms with Gasteiger partial charge in [-0.15, -0.1) is 0 Å². The van der Waals surface area contributed by atoms with Crippen LogP contribution < -0.4 is 4.74 Å². The molecule has 2 aliphatic rings. The van der Waals surface area contributed by atoms with Crippen LogP contribution in [0.1, 0.15) is 37.3 Å². The highest BCUT2D eigenvalue weighted by molar-refractivity contribution is 6.42.